The molecule has 1 atom stereocenters. The van der Waals surface area contributed by atoms with Gasteiger partial charge in [0.15, 0.2) is 0 Å². The summed E-state index contributed by atoms with van der Waals surface area (Å²) in [7, 11) is 1.88. The molecule has 0 bridgehead atoms. The van der Waals surface area contributed by atoms with Crippen LogP contribution in [0, 0.1) is 12.7 Å². The zero-order valence-electron chi connectivity index (χ0n) is 11.0. The number of nitrogens with one attached hydrogen (secondary N) is 1. The van der Waals surface area contributed by atoms with Crippen LogP contribution in [0.4, 0.5) is 4.39 Å². The van der Waals surface area contributed by atoms with Gasteiger partial charge in [0.05, 0.1) is 5.02 Å². The molecule has 0 fully saturated rings. The fourth-order valence-corrected chi connectivity index (χ4v) is 2.34. The lowest BCUT2D eigenvalue weighted by Crippen LogP contribution is -2.20. The normalized spacial score (nSPS) is 12.4. The van der Waals surface area contributed by atoms with E-state index in [9.17, 15) is 4.39 Å². The first-order chi connectivity index (χ1) is 9.13. The highest BCUT2D eigenvalue weighted by Crippen LogP contribution is 2.26. The Hall–Kier alpha value is -1.45. The predicted molar refractivity (Wildman–Crippen MR) is 75.9 cm³/mol. The Morgan fingerprint density at radius 2 is 2.16 bits per heavy atom. The van der Waals surface area contributed by atoms with E-state index in [2.05, 4.69) is 10.3 Å². The van der Waals surface area contributed by atoms with E-state index in [4.69, 9.17) is 11.6 Å². The second-order valence-corrected chi connectivity index (χ2v) is 4.87. The number of aryl methyl sites for hydroxylation is 1. The molecule has 0 aliphatic carbocycles. The lowest BCUT2D eigenvalue weighted by Gasteiger charge is -2.19. The molecule has 0 saturated heterocycles. The van der Waals surface area contributed by atoms with Gasteiger partial charge in [-0.05, 0) is 49.2 Å². The van der Waals surface area contributed by atoms with Crippen LogP contribution in [0.1, 0.15) is 22.7 Å². The van der Waals surface area contributed by atoms with Crippen molar-refractivity contribution in [3.8, 4) is 0 Å². The van der Waals surface area contributed by atoms with E-state index in [0.29, 0.717) is 6.42 Å². The molecule has 0 spiro atoms. The maximum atomic E-state index is 13.5. The largest absolute Gasteiger partial charge is 0.313 e. The van der Waals surface area contributed by atoms with Crippen molar-refractivity contribution in [3.63, 3.8) is 0 Å². The van der Waals surface area contributed by atoms with E-state index in [1.807, 2.05) is 32.3 Å². The highest BCUT2D eigenvalue weighted by molar-refractivity contribution is 6.31. The number of hydrogen-bond donors (Lipinski definition) is 1. The first-order valence-electron chi connectivity index (χ1n) is 6.14. The third-order valence-electron chi connectivity index (χ3n) is 3.26. The van der Waals surface area contributed by atoms with Crippen LogP contribution in [0.3, 0.4) is 0 Å². The molecule has 4 heteroatoms. The molecule has 0 aliphatic rings. The quantitative estimate of drug-likeness (QED) is 0.923. The Labute approximate surface area is 117 Å². The van der Waals surface area contributed by atoms with Crippen LogP contribution < -0.4 is 5.32 Å². The lowest BCUT2D eigenvalue weighted by molar-refractivity contribution is 0.580. The zero-order chi connectivity index (χ0) is 13.8. The minimum atomic E-state index is -0.378. The fraction of sp³-hybridized carbons (Fsp3) is 0.267. The summed E-state index contributed by atoms with van der Waals surface area (Å²) >= 11 is 6.00. The second-order valence-electron chi connectivity index (χ2n) is 4.49. The number of benzene rings is 1. The molecular formula is C15H16ClFN2. The monoisotopic (exact) mass is 278 g/mol. The molecule has 1 heterocycles. The van der Waals surface area contributed by atoms with Crippen molar-refractivity contribution in [2.45, 2.75) is 19.4 Å². The summed E-state index contributed by atoms with van der Waals surface area (Å²) in [4.78, 5) is 4.15. The molecule has 100 valence electrons. The molecule has 1 aromatic carbocycles. The van der Waals surface area contributed by atoms with E-state index < -0.39 is 0 Å². The smallest absolute Gasteiger partial charge is 0.142 e. The van der Waals surface area contributed by atoms with Gasteiger partial charge in [0.2, 0.25) is 0 Å². The number of likely N-dealkylation sites (N-methyl/N-ethyl adjacent to an activating group) is 1. The van der Waals surface area contributed by atoms with Crippen LogP contribution >= 0.6 is 11.6 Å². The Balaban J connectivity index is 2.30. The van der Waals surface area contributed by atoms with Crippen molar-refractivity contribution in [1.82, 2.24) is 10.3 Å². The van der Waals surface area contributed by atoms with Crippen molar-refractivity contribution < 1.29 is 4.39 Å². The molecule has 0 radical (unpaired) electrons. The lowest BCUT2D eigenvalue weighted by atomic mass is 9.97. The molecule has 19 heavy (non-hydrogen) atoms. The standard InChI is InChI=1S/C15H16ClFN2/c1-10-6-7-19-9-12(10)14(18-2)8-11-4-3-5-13(17)15(11)16/h3-7,9,14,18H,8H2,1-2H3. The Bertz CT molecular complexity index is 572. The average Bonchev–Trinajstić information content (AvgIpc) is 2.41. The highest BCUT2D eigenvalue weighted by Gasteiger charge is 2.15. The van der Waals surface area contributed by atoms with Crippen LogP contribution in [-0.4, -0.2) is 12.0 Å². The summed E-state index contributed by atoms with van der Waals surface area (Å²) in [5.41, 5.74) is 3.05. The van der Waals surface area contributed by atoms with Gasteiger partial charge >= 0.3 is 0 Å². The topological polar surface area (TPSA) is 24.9 Å². The third kappa shape index (κ3) is 3.11. The molecule has 0 amide bonds. The summed E-state index contributed by atoms with van der Waals surface area (Å²) in [6, 6.07) is 6.93. The number of pyridine rings is 1. The molecule has 2 rings (SSSR count). The van der Waals surface area contributed by atoms with Gasteiger partial charge in [-0.25, -0.2) is 4.39 Å². The Morgan fingerprint density at radius 1 is 1.37 bits per heavy atom. The number of nitrogens with zero attached hydrogens (tertiary/aromatic N) is 1. The third-order valence-corrected chi connectivity index (χ3v) is 3.68. The summed E-state index contributed by atoms with van der Waals surface area (Å²) in [5.74, 6) is -0.378. The van der Waals surface area contributed by atoms with E-state index in [1.54, 1.807) is 12.3 Å². The van der Waals surface area contributed by atoms with Crippen molar-refractivity contribution in [3.05, 3.63) is 64.2 Å². The van der Waals surface area contributed by atoms with Gasteiger partial charge in [-0.2, -0.15) is 0 Å². The van der Waals surface area contributed by atoms with Crippen LogP contribution in [0.25, 0.3) is 0 Å². The number of hydrogen-bond acceptors (Lipinski definition) is 2. The highest BCUT2D eigenvalue weighted by atomic mass is 35.5. The fourth-order valence-electron chi connectivity index (χ4n) is 2.13. The van der Waals surface area contributed by atoms with E-state index in [0.717, 1.165) is 16.7 Å². The van der Waals surface area contributed by atoms with Crippen LogP contribution in [-0.2, 0) is 6.42 Å². The summed E-state index contributed by atoms with van der Waals surface area (Å²) in [5, 5.41) is 3.43. The molecule has 1 aromatic heterocycles. The molecule has 1 N–H and O–H groups in total. The number of halogens is 2. The van der Waals surface area contributed by atoms with Gasteiger partial charge in [0.25, 0.3) is 0 Å². The molecule has 0 aliphatic heterocycles. The van der Waals surface area contributed by atoms with E-state index in [1.165, 1.54) is 6.07 Å². The summed E-state index contributed by atoms with van der Waals surface area (Å²) < 4.78 is 13.5. The van der Waals surface area contributed by atoms with Gasteiger partial charge in [-0.3, -0.25) is 4.98 Å². The van der Waals surface area contributed by atoms with Gasteiger partial charge < -0.3 is 5.32 Å². The SMILES string of the molecule is CNC(Cc1cccc(F)c1Cl)c1cnccc1C. The molecule has 0 saturated carbocycles. The van der Waals surface area contributed by atoms with Gasteiger partial charge in [-0.1, -0.05) is 23.7 Å². The maximum Gasteiger partial charge on any atom is 0.142 e. The Morgan fingerprint density at radius 3 is 2.84 bits per heavy atom. The van der Waals surface area contributed by atoms with E-state index in [-0.39, 0.29) is 16.9 Å². The minimum Gasteiger partial charge on any atom is -0.313 e. The van der Waals surface area contributed by atoms with Crippen molar-refractivity contribution in [1.29, 1.82) is 0 Å². The van der Waals surface area contributed by atoms with Crippen molar-refractivity contribution in [2.75, 3.05) is 7.05 Å². The van der Waals surface area contributed by atoms with Gasteiger partial charge in [0, 0.05) is 18.4 Å². The summed E-state index contributed by atoms with van der Waals surface area (Å²) in [6.07, 6.45) is 4.23. The predicted octanol–water partition coefficient (Wildman–Crippen LogP) is 3.69. The average molecular weight is 279 g/mol. The van der Waals surface area contributed by atoms with Gasteiger partial charge in [-0.15, -0.1) is 0 Å². The first-order valence-corrected chi connectivity index (χ1v) is 6.52. The van der Waals surface area contributed by atoms with Crippen LogP contribution in [0.5, 0.6) is 0 Å². The molecule has 2 aromatic rings. The van der Waals surface area contributed by atoms with Crippen molar-refractivity contribution in [2.24, 2.45) is 0 Å². The Kier molecular flexibility index (Phi) is 4.51. The second kappa shape index (κ2) is 6.13. The molecule has 2 nitrogen and oxygen atoms in total. The van der Waals surface area contributed by atoms with E-state index >= 15 is 0 Å². The first kappa shape index (κ1) is 14.0. The zero-order valence-corrected chi connectivity index (χ0v) is 11.7. The minimum absolute atomic E-state index is 0.0630. The molecule has 1 unspecified atom stereocenters. The summed E-state index contributed by atoms with van der Waals surface area (Å²) in [6.45, 7) is 2.04. The van der Waals surface area contributed by atoms with Crippen molar-refractivity contribution >= 4 is 11.6 Å². The maximum absolute atomic E-state index is 13.5. The van der Waals surface area contributed by atoms with Crippen LogP contribution in [0.15, 0.2) is 36.7 Å². The number of aromatic nitrogens is 1. The number of rotatable bonds is 4. The molecular weight excluding hydrogens is 263 g/mol. The van der Waals surface area contributed by atoms with Crippen LogP contribution in [0.2, 0.25) is 5.02 Å². The van der Waals surface area contributed by atoms with Gasteiger partial charge in [0.1, 0.15) is 5.82 Å².